The fourth-order valence-corrected chi connectivity index (χ4v) is 2.58. The first-order chi connectivity index (χ1) is 9.58. The van der Waals surface area contributed by atoms with Gasteiger partial charge in [-0.05, 0) is 50.0 Å². The number of hydrogen-bond acceptors (Lipinski definition) is 3. The van der Waals surface area contributed by atoms with Gasteiger partial charge in [-0.25, -0.2) is 4.39 Å². The number of benzene rings is 1. The lowest BCUT2D eigenvalue weighted by Crippen LogP contribution is -2.39. The van der Waals surface area contributed by atoms with Crippen molar-refractivity contribution in [2.45, 2.75) is 26.2 Å². The molecule has 0 saturated carbocycles. The van der Waals surface area contributed by atoms with Gasteiger partial charge in [0.2, 0.25) is 5.91 Å². The first-order valence-electron chi connectivity index (χ1n) is 7.15. The van der Waals surface area contributed by atoms with Gasteiger partial charge in [0.15, 0.2) is 0 Å². The number of anilines is 2. The average molecular weight is 279 g/mol. The summed E-state index contributed by atoms with van der Waals surface area (Å²) in [6.45, 7) is 4.39. The summed E-state index contributed by atoms with van der Waals surface area (Å²) in [6.07, 6.45) is 3.47. The van der Waals surface area contributed by atoms with Gasteiger partial charge in [-0.3, -0.25) is 9.69 Å². The van der Waals surface area contributed by atoms with Crippen molar-refractivity contribution in [2.24, 2.45) is 5.92 Å². The maximum atomic E-state index is 13.5. The number of carbonyl (C=O) groups is 1. The maximum absolute atomic E-state index is 13.5. The van der Waals surface area contributed by atoms with Crippen molar-refractivity contribution in [3.05, 3.63) is 24.0 Å². The molecule has 0 bridgehead atoms. The number of carbonyl (C=O) groups excluding carboxylic acids is 1. The normalized spacial score (nSPS) is 17.1. The summed E-state index contributed by atoms with van der Waals surface area (Å²) < 4.78 is 13.5. The van der Waals surface area contributed by atoms with Gasteiger partial charge in [0.25, 0.3) is 0 Å². The van der Waals surface area contributed by atoms with E-state index in [1.807, 2.05) is 0 Å². The van der Waals surface area contributed by atoms with E-state index in [1.54, 1.807) is 0 Å². The number of rotatable bonds is 4. The Hall–Kier alpha value is -1.62. The number of amides is 1. The lowest BCUT2D eigenvalue weighted by molar-refractivity contribution is -0.117. The zero-order chi connectivity index (χ0) is 14.5. The highest BCUT2D eigenvalue weighted by Gasteiger charge is 2.19. The van der Waals surface area contributed by atoms with Crippen molar-refractivity contribution >= 4 is 17.3 Å². The van der Waals surface area contributed by atoms with Crippen molar-refractivity contribution in [3.8, 4) is 0 Å². The number of halogens is 1. The van der Waals surface area contributed by atoms with Gasteiger partial charge >= 0.3 is 0 Å². The number of nitrogens with zero attached hydrogens (tertiary/aromatic N) is 1. The second-order valence-corrected chi connectivity index (χ2v) is 5.42. The van der Waals surface area contributed by atoms with E-state index in [2.05, 4.69) is 17.1 Å². The van der Waals surface area contributed by atoms with Crippen LogP contribution >= 0.6 is 0 Å². The number of hydrogen-bond donors (Lipinski definition) is 2. The van der Waals surface area contributed by atoms with Crippen LogP contribution in [0.4, 0.5) is 15.8 Å². The molecule has 3 N–H and O–H groups in total. The predicted octanol–water partition coefficient (Wildman–Crippen LogP) is 2.47. The van der Waals surface area contributed by atoms with Crippen molar-refractivity contribution < 1.29 is 9.18 Å². The minimum absolute atomic E-state index is 0.151. The van der Waals surface area contributed by atoms with E-state index in [0.717, 1.165) is 31.8 Å². The molecule has 1 saturated heterocycles. The lowest BCUT2D eigenvalue weighted by Gasteiger charge is -2.30. The largest absolute Gasteiger partial charge is 0.399 e. The van der Waals surface area contributed by atoms with Crippen molar-refractivity contribution in [3.63, 3.8) is 0 Å². The van der Waals surface area contributed by atoms with E-state index in [4.69, 9.17) is 5.73 Å². The molecule has 1 amide bonds. The molecular weight excluding hydrogens is 257 g/mol. The monoisotopic (exact) mass is 279 g/mol. The fourth-order valence-electron chi connectivity index (χ4n) is 2.58. The van der Waals surface area contributed by atoms with Crippen LogP contribution in [0.15, 0.2) is 18.2 Å². The van der Waals surface area contributed by atoms with Gasteiger partial charge in [0.1, 0.15) is 5.82 Å². The Labute approximate surface area is 119 Å². The summed E-state index contributed by atoms with van der Waals surface area (Å²) in [5.41, 5.74) is 6.18. The smallest absolute Gasteiger partial charge is 0.238 e. The Balaban J connectivity index is 1.85. The molecule has 0 atom stereocenters. The van der Waals surface area contributed by atoms with E-state index < -0.39 is 5.82 Å². The third-order valence-electron chi connectivity index (χ3n) is 3.92. The zero-order valence-corrected chi connectivity index (χ0v) is 11.9. The highest BCUT2D eigenvalue weighted by molar-refractivity contribution is 5.92. The molecule has 1 fully saturated rings. The van der Waals surface area contributed by atoms with Crippen LogP contribution in [0.25, 0.3) is 0 Å². The van der Waals surface area contributed by atoms with Crippen LogP contribution in [0.2, 0.25) is 0 Å². The second kappa shape index (κ2) is 6.70. The van der Waals surface area contributed by atoms with E-state index in [9.17, 15) is 9.18 Å². The molecule has 0 unspecified atom stereocenters. The summed E-state index contributed by atoms with van der Waals surface area (Å²) in [7, 11) is 0. The predicted molar refractivity (Wildman–Crippen MR) is 78.9 cm³/mol. The second-order valence-electron chi connectivity index (χ2n) is 5.42. The summed E-state index contributed by atoms with van der Waals surface area (Å²) in [4.78, 5) is 14.1. The van der Waals surface area contributed by atoms with Gasteiger partial charge in [-0.15, -0.1) is 0 Å². The quantitative estimate of drug-likeness (QED) is 0.832. The zero-order valence-electron chi connectivity index (χ0n) is 11.9. The van der Waals surface area contributed by atoms with Crippen LogP contribution in [-0.2, 0) is 4.79 Å². The third-order valence-corrected chi connectivity index (χ3v) is 3.92. The number of likely N-dealkylation sites (tertiary alicyclic amines) is 1. The molecule has 110 valence electrons. The summed E-state index contributed by atoms with van der Waals surface area (Å²) in [5, 5.41) is 2.59. The van der Waals surface area contributed by atoms with E-state index in [0.29, 0.717) is 12.2 Å². The van der Waals surface area contributed by atoms with Crippen LogP contribution in [0.5, 0.6) is 0 Å². The molecule has 2 rings (SSSR count). The van der Waals surface area contributed by atoms with Crippen LogP contribution in [0.3, 0.4) is 0 Å². The van der Waals surface area contributed by atoms with Gasteiger partial charge in [-0.1, -0.05) is 13.3 Å². The number of piperidine rings is 1. The summed E-state index contributed by atoms with van der Waals surface area (Å²) >= 11 is 0. The Morgan fingerprint density at radius 2 is 2.15 bits per heavy atom. The Morgan fingerprint density at radius 1 is 1.45 bits per heavy atom. The average Bonchev–Trinajstić information content (AvgIpc) is 2.43. The topological polar surface area (TPSA) is 58.4 Å². The minimum atomic E-state index is -0.461. The fraction of sp³-hybridized carbons (Fsp3) is 0.533. The van der Waals surface area contributed by atoms with Crippen LogP contribution in [0, 0.1) is 11.7 Å². The molecule has 0 spiro atoms. The molecular formula is C15H22FN3O. The molecule has 1 aliphatic rings. The lowest BCUT2D eigenvalue weighted by atomic mass is 9.94. The minimum Gasteiger partial charge on any atom is -0.399 e. The molecule has 1 aromatic carbocycles. The molecule has 0 radical (unpaired) electrons. The van der Waals surface area contributed by atoms with Crippen LogP contribution in [-0.4, -0.2) is 30.4 Å². The number of nitrogens with two attached hydrogens (primary N) is 1. The SMILES string of the molecule is CCC1CCN(CC(=O)Nc2cc(N)ccc2F)CC1. The molecule has 1 aliphatic heterocycles. The van der Waals surface area contributed by atoms with Gasteiger partial charge < -0.3 is 11.1 Å². The van der Waals surface area contributed by atoms with Gasteiger partial charge in [0.05, 0.1) is 12.2 Å². The van der Waals surface area contributed by atoms with Gasteiger partial charge in [0, 0.05) is 5.69 Å². The highest BCUT2D eigenvalue weighted by Crippen LogP contribution is 2.20. The standard InChI is InChI=1S/C15H22FN3O/c1-2-11-5-7-19(8-6-11)10-15(20)18-14-9-12(17)3-4-13(14)16/h3-4,9,11H,2,5-8,10,17H2,1H3,(H,18,20). The van der Waals surface area contributed by atoms with Crippen molar-refractivity contribution in [2.75, 3.05) is 30.7 Å². The van der Waals surface area contributed by atoms with Crippen LogP contribution in [0.1, 0.15) is 26.2 Å². The van der Waals surface area contributed by atoms with Crippen molar-refractivity contribution in [1.29, 1.82) is 0 Å². The maximum Gasteiger partial charge on any atom is 0.238 e. The van der Waals surface area contributed by atoms with E-state index in [1.165, 1.54) is 24.6 Å². The Morgan fingerprint density at radius 3 is 2.80 bits per heavy atom. The Bertz CT molecular complexity index is 470. The number of nitrogen functional groups attached to an aromatic ring is 1. The molecule has 1 heterocycles. The highest BCUT2D eigenvalue weighted by atomic mass is 19.1. The molecule has 20 heavy (non-hydrogen) atoms. The first-order valence-corrected chi connectivity index (χ1v) is 7.15. The molecule has 1 aromatic rings. The Kier molecular flexibility index (Phi) is 4.95. The molecule has 5 heteroatoms. The summed E-state index contributed by atoms with van der Waals surface area (Å²) in [5.74, 6) is 0.127. The molecule has 0 aliphatic carbocycles. The van der Waals surface area contributed by atoms with E-state index in [-0.39, 0.29) is 11.6 Å². The summed E-state index contributed by atoms with van der Waals surface area (Å²) in [6, 6.07) is 4.18. The first kappa shape index (κ1) is 14.8. The molecule has 4 nitrogen and oxygen atoms in total. The number of nitrogens with one attached hydrogen (secondary N) is 1. The van der Waals surface area contributed by atoms with Gasteiger partial charge in [-0.2, -0.15) is 0 Å². The third kappa shape index (κ3) is 3.93. The van der Waals surface area contributed by atoms with Crippen LogP contribution < -0.4 is 11.1 Å². The van der Waals surface area contributed by atoms with Crippen molar-refractivity contribution in [1.82, 2.24) is 4.90 Å². The van der Waals surface area contributed by atoms with E-state index >= 15 is 0 Å². The molecule has 0 aromatic heterocycles.